The predicted octanol–water partition coefficient (Wildman–Crippen LogP) is 4.24. The maximum Gasteiger partial charge on any atom is 0.262 e. The van der Waals surface area contributed by atoms with Crippen molar-refractivity contribution >= 4 is 33.2 Å². The van der Waals surface area contributed by atoms with Crippen LogP contribution < -0.4 is 5.56 Å². The van der Waals surface area contributed by atoms with Crippen molar-refractivity contribution in [3.8, 4) is 0 Å². The molecular weight excluding hydrogens is 440 g/mol. The van der Waals surface area contributed by atoms with E-state index in [-0.39, 0.29) is 5.56 Å². The van der Waals surface area contributed by atoms with Gasteiger partial charge in [0.15, 0.2) is 0 Å². The fourth-order valence-corrected chi connectivity index (χ4v) is 6.74. The molecule has 1 unspecified atom stereocenters. The topological polar surface area (TPSA) is 41.4 Å². The Kier molecular flexibility index (Phi) is 6.65. The summed E-state index contributed by atoms with van der Waals surface area (Å²) in [4.78, 5) is 25.5. The highest BCUT2D eigenvalue weighted by molar-refractivity contribution is 7.18. The van der Waals surface area contributed by atoms with Crippen molar-refractivity contribution in [1.82, 2.24) is 19.4 Å². The van der Waals surface area contributed by atoms with E-state index >= 15 is 0 Å². The van der Waals surface area contributed by atoms with Gasteiger partial charge in [0.05, 0.1) is 11.7 Å². The number of thiophene rings is 1. The van der Waals surface area contributed by atoms with Gasteiger partial charge in [0.1, 0.15) is 4.83 Å². The van der Waals surface area contributed by atoms with Crippen LogP contribution in [-0.4, -0.2) is 58.1 Å². The minimum atomic E-state index is 0.103. The van der Waals surface area contributed by atoms with Crippen LogP contribution in [0.3, 0.4) is 0 Å². The number of benzene rings is 1. The molecule has 2 aromatic heterocycles. The van der Waals surface area contributed by atoms with Gasteiger partial charge in [-0.2, -0.15) is 0 Å². The third-order valence-electron chi connectivity index (χ3n) is 7.05. The van der Waals surface area contributed by atoms with Crippen LogP contribution in [0.4, 0.5) is 0 Å². The van der Waals surface area contributed by atoms with Gasteiger partial charge in [-0.05, 0) is 55.8 Å². The van der Waals surface area contributed by atoms with Crippen molar-refractivity contribution in [2.24, 2.45) is 0 Å². The lowest BCUT2D eigenvalue weighted by Crippen LogP contribution is -2.51. The predicted molar refractivity (Wildman–Crippen MR) is 133 cm³/mol. The molecule has 5 rings (SSSR count). The Labute approximate surface area is 198 Å². The van der Waals surface area contributed by atoms with Crippen molar-refractivity contribution in [2.45, 2.75) is 51.6 Å². The smallest absolute Gasteiger partial charge is 0.262 e. The maximum absolute atomic E-state index is 13.3. The molecule has 1 saturated heterocycles. The Morgan fingerprint density at radius 2 is 1.97 bits per heavy atom. The Morgan fingerprint density at radius 1 is 1.16 bits per heavy atom. The second-order valence-corrected chi connectivity index (χ2v) is 10.5. The molecule has 0 bridgehead atoms. The maximum atomic E-state index is 13.3. The summed E-state index contributed by atoms with van der Waals surface area (Å²) in [6, 6.07) is 8.44. The molecule has 1 fully saturated rings. The number of fused-ring (bicyclic) bond motifs is 3. The summed E-state index contributed by atoms with van der Waals surface area (Å²) in [5.74, 6) is 0. The fraction of sp³-hybridized carbons (Fsp3) is 0.520. The zero-order valence-corrected chi connectivity index (χ0v) is 20.3. The second-order valence-electron chi connectivity index (χ2n) is 9.04. The lowest BCUT2D eigenvalue weighted by molar-refractivity contribution is 0.0902. The zero-order valence-electron chi connectivity index (χ0n) is 18.7. The van der Waals surface area contributed by atoms with Gasteiger partial charge in [0, 0.05) is 48.7 Å². The molecule has 0 amide bonds. The first-order valence-corrected chi connectivity index (χ1v) is 13.0. The molecule has 32 heavy (non-hydrogen) atoms. The third kappa shape index (κ3) is 4.38. The first-order valence-electron chi connectivity index (χ1n) is 11.8. The quantitative estimate of drug-likeness (QED) is 0.540. The van der Waals surface area contributed by atoms with Crippen LogP contribution in [0, 0.1) is 0 Å². The van der Waals surface area contributed by atoms with Crippen molar-refractivity contribution in [3.05, 3.63) is 62.0 Å². The molecule has 3 aromatic rings. The van der Waals surface area contributed by atoms with Gasteiger partial charge >= 0.3 is 0 Å². The van der Waals surface area contributed by atoms with Gasteiger partial charge < -0.3 is 4.90 Å². The minimum absolute atomic E-state index is 0.103. The standard InChI is InChI=1S/C25H31ClN4OS/c1-2-10-28-12-14-29(15-13-28)19-7-8-20-22(16-19)32-24-23(20)25(31)30(17-27-24)11-9-18-5-3-4-6-21(18)26/h3-6,17,19H,2,7-16H2,1H3. The molecular formula is C25H31ClN4OS. The van der Waals surface area contributed by atoms with E-state index in [1.54, 1.807) is 22.2 Å². The van der Waals surface area contributed by atoms with Gasteiger partial charge in [-0.15, -0.1) is 11.3 Å². The first kappa shape index (κ1) is 22.1. The highest BCUT2D eigenvalue weighted by atomic mass is 35.5. The molecule has 1 atom stereocenters. The van der Waals surface area contributed by atoms with E-state index in [1.165, 1.54) is 36.5 Å². The van der Waals surface area contributed by atoms with Gasteiger partial charge in [-0.3, -0.25) is 14.3 Å². The minimum Gasteiger partial charge on any atom is -0.301 e. The summed E-state index contributed by atoms with van der Waals surface area (Å²) in [6.45, 7) is 8.77. The number of nitrogens with zero attached hydrogens (tertiary/aromatic N) is 4. The molecule has 0 radical (unpaired) electrons. The molecule has 1 aromatic carbocycles. The Hall–Kier alpha value is -1.73. The zero-order chi connectivity index (χ0) is 22.1. The second kappa shape index (κ2) is 9.64. The number of piperazine rings is 1. The highest BCUT2D eigenvalue weighted by Crippen LogP contribution is 2.35. The Morgan fingerprint density at radius 3 is 2.75 bits per heavy atom. The van der Waals surface area contributed by atoms with Crippen LogP contribution in [-0.2, 0) is 25.8 Å². The Balaban J connectivity index is 1.32. The van der Waals surface area contributed by atoms with Crippen LogP contribution in [0.15, 0.2) is 35.4 Å². The normalized spacial score (nSPS) is 20.0. The van der Waals surface area contributed by atoms with Gasteiger partial charge in [0.2, 0.25) is 0 Å². The van der Waals surface area contributed by atoms with Crippen LogP contribution >= 0.6 is 22.9 Å². The molecule has 1 aliphatic carbocycles. The van der Waals surface area contributed by atoms with Crippen LogP contribution in [0.1, 0.15) is 35.8 Å². The van der Waals surface area contributed by atoms with E-state index in [2.05, 4.69) is 21.7 Å². The molecule has 170 valence electrons. The van der Waals surface area contributed by atoms with Crippen LogP contribution in [0.2, 0.25) is 5.02 Å². The lowest BCUT2D eigenvalue weighted by atomic mass is 9.91. The number of rotatable bonds is 6. The van der Waals surface area contributed by atoms with Gasteiger partial charge in [-0.25, -0.2) is 4.98 Å². The third-order valence-corrected chi connectivity index (χ3v) is 8.58. The van der Waals surface area contributed by atoms with E-state index in [0.29, 0.717) is 12.6 Å². The lowest BCUT2D eigenvalue weighted by Gasteiger charge is -2.40. The van der Waals surface area contributed by atoms with Crippen molar-refractivity contribution < 1.29 is 0 Å². The van der Waals surface area contributed by atoms with E-state index in [0.717, 1.165) is 59.6 Å². The number of hydrogen-bond acceptors (Lipinski definition) is 5. The molecule has 2 aliphatic rings. The molecule has 5 nitrogen and oxygen atoms in total. The van der Waals surface area contributed by atoms with E-state index in [9.17, 15) is 4.79 Å². The van der Waals surface area contributed by atoms with E-state index in [1.807, 2.05) is 24.3 Å². The molecule has 3 heterocycles. The van der Waals surface area contributed by atoms with Crippen molar-refractivity contribution in [1.29, 1.82) is 0 Å². The SMILES string of the molecule is CCCN1CCN(C2CCc3c(sc4ncn(CCc5ccccc5Cl)c(=O)c34)C2)CC1. The van der Waals surface area contributed by atoms with Crippen LogP contribution in [0.5, 0.6) is 0 Å². The van der Waals surface area contributed by atoms with E-state index < -0.39 is 0 Å². The van der Waals surface area contributed by atoms with Crippen molar-refractivity contribution in [2.75, 3.05) is 32.7 Å². The molecule has 0 N–H and O–H groups in total. The first-order chi connectivity index (χ1) is 15.6. The fourth-order valence-electron chi connectivity index (χ4n) is 5.27. The summed E-state index contributed by atoms with van der Waals surface area (Å²) in [5.41, 5.74) is 2.43. The average molecular weight is 471 g/mol. The highest BCUT2D eigenvalue weighted by Gasteiger charge is 2.30. The largest absolute Gasteiger partial charge is 0.301 e. The molecule has 0 saturated carbocycles. The monoisotopic (exact) mass is 470 g/mol. The Bertz CT molecular complexity index is 1150. The summed E-state index contributed by atoms with van der Waals surface area (Å²) in [6.07, 6.45) is 6.86. The van der Waals surface area contributed by atoms with Crippen LogP contribution in [0.25, 0.3) is 10.2 Å². The molecule has 0 spiro atoms. The summed E-state index contributed by atoms with van der Waals surface area (Å²) < 4.78 is 1.76. The summed E-state index contributed by atoms with van der Waals surface area (Å²) in [5, 5.41) is 1.61. The number of hydrogen-bond donors (Lipinski definition) is 0. The van der Waals surface area contributed by atoms with Crippen molar-refractivity contribution in [3.63, 3.8) is 0 Å². The summed E-state index contributed by atoms with van der Waals surface area (Å²) >= 11 is 8.03. The van der Waals surface area contributed by atoms with Gasteiger partial charge in [0.25, 0.3) is 5.56 Å². The molecule has 1 aliphatic heterocycles. The average Bonchev–Trinajstić information content (AvgIpc) is 3.19. The number of aromatic nitrogens is 2. The number of aryl methyl sites for hydroxylation is 3. The van der Waals surface area contributed by atoms with E-state index in [4.69, 9.17) is 11.6 Å². The summed E-state index contributed by atoms with van der Waals surface area (Å²) in [7, 11) is 0. The molecule has 7 heteroatoms. The van der Waals surface area contributed by atoms with Gasteiger partial charge in [-0.1, -0.05) is 36.7 Å². The number of halogens is 1.